The van der Waals surface area contributed by atoms with Crippen LogP contribution in [0, 0.1) is 0 Å². The first-order chi connectivity index (χ1) is 12.6. The normalized spacial score (nSPS) is 10.7. The van der Waals surface area contributed by atoms with E-state index in [1.165, 1.54) is 6.08 Å². The standard InChI is InChI=1S/C21H24O5/c1-6-14-13-16(20(25-4)21(26-5)19(14)24-3)9-12-18(22)15-7-10-17(23-2)11-8-15/h7-13H,6H2,1-5H3. The van der Waals surface area contributed by atoms with Gasteiger partial charge < -0.3 is 18.9 Å². The summed E-state index contributed by atoms with van der Waals surface area (Å²) in [4.78, 5) is 12.4. The molecule has 0 heterocycles. The third-order valence-electron chi connectivity index (χ3n) is 4.08. The van der Waals surface area contributed by atoms with E-state index in [9.17, 15) is 4.79 Å². The van der Waals surface area contributed by atoms with E-state index in [2.05, 4.69) is 0 Å². The summed E-state index contributed by atoms with van der Waals surface area (Å²) >= 11 is 0. The summed E-state index contributed by atoms with van der Waals surface area (Å²) in [6.07, 6.45) is 4.01. The van der Waals surface area contributed by atoms with E-state index < -0.39 is 0 Å². The van der Waals surface area contributed by atoms with E-state index in [0.29, 0.717) is 28.6 Å². The molecule has 0 fully saturated rings. The van der Waals surface area contributed by atoms with Crippen molar-refractivity contribution in [2.75, 3.05) is 28.4 Å². The molecule has 0 saturated carbocycles. The average Bonchev–Trinajstić information content (AvgIpc) is 2.70. The summed E-state index contributed by atoms with van der Waals surface area (Å²) in [7, 11) is 6.31. The smallest absolute Gasteiger partial charge is 0.204 e. The van der Waals surface area contributed by atoms with Gasteiger partial charge in [-0.3, -0.25) is 4.79 Å². The molecule has 0 bridgehead atoms. The predicted molar refractivity (Wildman–Crippen MR) is 102 cm³/mol. The Kier molecular flexibility index (Phi) is 6.67. The molecule has 0 aliphatic carbocycles. The zero-order valence-corrected chi connectivity index (χ0v) is 15.8. The summed E-state index contributed by atoms with van der Waals surface area (Å²) < 4.78 is 21.5. The maximum Gasteiger partial charge on any atom is 0.204 e. The van der Waals surface area contributed by atoms with Gasteiger partial charge in [0.1, 0.15) is 5.75 Å². The number of hydrogen-bond acceptors (Lipinski definition) is 5. The Bertz CT molecular complexity index is 791. The summed E-state index contributed by atoms with van der Waals surface area (Å²) in [6, 6.07) is 8.92. The molecule has 0 radical (unpaired) electrons. The lowest BCUT2D eigenvalue weighted by atomic mass is 10.0. The number of ketones is 1. The number of hydrogen-bond donors (Lipinski definition) is 0. The highest BCUT2D eigenvalue weighted by Crippen LogP contribution is 2.43. The largest absolute Gasteiger partial charge is 0.497 e. The van der Waals surface area contributed by atoms with Crippen LogP contribution >= 0.6 is 0 Å². The zero-order valence-electron chi connectivity index (χ0n) is 15.8. The quantitative estimate of drug-likeness (QED) is 0.525. The van der Waals surface area contributed by atoms with E-state index in [4.69, 9.17) is 18.9 Å². The molecule has 0 aromatic heterocycles. The van der Waals surface area contributed by atoms with Gasteiger partial charge in [0.05, 0.1) is 28.4 Å². The first-order valence-corrected chi connectivity index (χ1v) is 8.27. The Balaban J connectivity index is 2.40. The lowest BCUT2D eigenvalue weighted by molar-refractivity contribution is 0.104. The molecule has 0 aliphatic rings. The molecule has 26 heavy (non-hydrogen) atoms. The first-order valence-electron chi connectivity index (χ1n) is 8.27. The van der Waals surface area contributed by atoms with Crippen LogP contribution in [0.2, 0.25) is 0 Å². The first kappa shape index (κ1) is 19.4. The number of aryl methyl sites for hydroxylation is 1. The van der Waals surface area contributed by atoms with Crippen LogP contribution in [0.5, 0.6) is 23.0 Å². The van der Waals surface area contributed by atoms with Crippen molar-refractivity contribution in [2.45, 2.75) is 13.3 Å². The molecular formula is C21H24O5. The summed E-state index contributed by atoms with van der Waals surface area (Å²) in [5.74, 6) is 2.29. The maximum absolute atomic E-state index is 12.4. The zero-order chi connectivity index (χ0) is 19.1. The monoisotopic (exact) mass is 356 g/mol. The SMILES string of the molecule is CCc1cc(C=CC(=O)c2ccc(OC)cc2)c(OC)c(OC)c1OC. The molecule has 5 heteroatoms. The second kappa shape index (κ2) is 8.94. The minimum atomic E-state index is -0.109. The fourth-order valence-corrected chi connectivity index (χ4v) is 2.72. The van der Waals surface area contributed by atoms with Gasteiger partial charge in [-0.05, 0) is 54.5 Å². The van der Waals surface area contributed by atoms with Crippen molar-refractivity contribution in [3.8, 4) is 23.0 Å². The maximum atomic E-state index is 12.4. The lowest BCUT2D eigenvalue weighted by Gasteiger charge is -2.17. The third kappa shape index (κ3) is 3.99. The van der Waals surface area contributed by atoms with Crippen LogP contribution in [0.4, 0.5) is 0 Å². The van der Waals surface area contributed by atoms with Crippen LogP contribution in [0.25, 0.3) is 6.08 Å². The minimum Gasteiger partial charge on any atom is -0.497 e. The molecule has 0 aliphatic heterocycles. The molecule has 0 unspecified atom stereocenters. The molecule has 2 aromatic rings. The van der Waals surface area contributed by atoms with Gasteiger partial charge in [0.15, 0.2) is 17.3 Å². The minimum absolute atomic E-state index is 0.109. The molecule has 2 rings (SSSR count). The summed E-state index contributed by atoms with van der Waals surface area (Å²) in [6.45, 7) is 2.03. The molecule has 5 nitrogen and oxygen atoms in total. The van der Waals surface area contributed by atoms with E-state index in [1.54, 1.807) is 58.8 Å². The number of rotatable bonds is 8. The highest BCUT2D eigenvalue weighted by molar-refractivity contribution is 6.07. The predicted octanol–water partition coefficient (Wildman–Crippen LogP) is 4.18. The van der Waals surface area contributed by atoms with Crippen molar-refractivity contribution in [1.29, 1.82) is 0 Å². The molecule has 0 amide bonds. The summed E-state index contributed by atoms with van der Waals surface area (Å²) in [5.41, 5.74) is 2.31. The Morgan fingerprint density at radius 3 is 2.00 bits per heavy atom. The number of ether oxygens (including phenoxy) is 4. The van der Waals surface area contributed by atoms with Crippen molar-refractivity contribution in [3.63, 3.8) is 0 Å². The van der Waals surface area contributed by atoms with Crippen molar-refractivity contribution < 1.29 is 23.7 Å². The third-order valence-corrected chi connectivity index (χ3v) is 4.08. The van der Waals surface area contributed by atoms with Crippen molar-refractivity contribution >= 4 is 11.9 Å². The van der Waals surface area contributed by atoms with Crippen molar-refractivity contribution in [1.82, 2.24) is 0 Å². The fraction of sp³-hybridized carbons (Fsp3) is 0.286. The van der Waals surface area contributed by atoms with Gasteiger partial charge in [-0.25, -0.2) is 0 Å². The van der Waals surface area contributed by atoms with E-state index in [0.717, 1.165) is 17.5 Å². The molecule has 2 aromatic carbocycles. The van der Waals surface area contributed by atoms with Crippen LogP contribution in [0.1, 0.15) is 28.4 Å². The number of allylic oxidation sites excluding steroid dienone is 1. The molecule has 0 atom stereocenters. The summed E-state index contributed by atoms with van der Waals surface area (Å²) in [5, 5.41) is 0. The van der Waals surface area contributed by atoms with Gasteiger partial charge in [-0.15, -0.1) is 0 Å². The Labute approximate surface area is 154 Å². The van der Waals surface area contributed by atoms with E-state index in [1.807, 2.05) is 13.0 Å². The van der Waals surface area contributed by atoms with Crippen molar-refractivity contribution in [3.05, 3.63) is 53.1 Å². The molecule has 0 N–H and O–H groups in total. The Hall–Kier alpha value is -2.95. The molecule has 0 saturated heterocycles. The number of carbonyl (C=O) groups excluding carboxylic acids is 1. The van der Waals surface area contributed by atoms with Crippen LogP contribution < -0.4 is 18.9 Å². The molecule has 0 spiro atoms. The van der Waals surface area contributed by atoms with Gasteiger partial charge in [0.2, 0.25) is 5.75 Å². The van der Waals surface area contributed by atoms with E-state index in [-0.39, 0.29) is 5.78 Å². The molecule has 138 valence electrons. The number of methoxy groups -OCH3 is 4. The number of benzene rings is 2. The molecular weight excluding hydrogens is 332 g/mol. The Morgan fingerprint density at radius 1 is 0.885 bits per heavy atom. The van der Waals surface area contributed by atoms with Crippen LogP contribution in [0.3, 0.4) is 0 Å². The van der Waals surface area contributed by atoms with Crippen LogP contribution in [-0.4, -0.2) is 34.2 Å². The topological polar surface area (TPSA) is 54.0 Å². The second-order valence-corrected chi connectivity index (χ2v) is 5.50. The van der Waals surface area contributed by atoms with Gasteiger partial charge in [0, 0.05) is 11.1 Å². The lowest BCUT2D eigenvalue weighted by Crippen LogP contribution is -2.01. The second-order valence-electron chi connectivity index (χ2n) is 5.50. The van der Waals surface area contributed by atoms with Crippen LogP contribution in [0.15, 0.2) is 36.4 Å². The number of carbonyl (C=O) groups is 1. The van der Waals surface area contributed by atoms with Gasteiger partial charge in [-0.2, -0.15) is 0 Å². The van der Waals surface area contributed by atoms with E-state index >= 15 is 0 Å². The van der Waals surface area contributed by atoms with Gasteiger partial charge in [-0.1, -0.05) is 6.92 Å². The highest BCUT2D eigenvalue weighted by Gasteiger charge is 2.19. The Morgan fingerprint density at radius 2 is 1.50 bits per heavy atom. The van der Waals surface area contributed by atoms with Crippen molar-refractivity contribution in [2.24, 2.45) is 0 Å². The fourth-order valence-electron chi connectivity index (χ4n) is 2.72. The average molecular weight is 356 g/mol. The van der Waals surface area contributed by atoms with Gasteiger partial charge >= 0.3 is 0 Å². The highest BCUT2D eigenvalue weighted by atomic mass is 16.5. The van der Waals surface area contributed by atoms with Crippen LogP contribution in [-0.2, 0) is 6.42 Å². The van der Waals surface area contributed by atoms with Gasteiger partial charge in [0.25, 0.3) is 0 Å².